The molecule has 1 N–H and O–H groups in total. The summed E-state index contributed by atoms with van der Waals surface area (Å²) in [5.74, 6) is 1.02. The average molecular weight is 347 g/mol. The summed E-state index contributed by atoms with van der Waals surface area (Å²) in [6, 6.07) is 11.9. The van der Waals surface area contributed by atoms with Crippen molar-refractivity contribution < 1.29 is 13.5 Å². The number of rotatable bonds is 5. The first-order valence-electron chi connectivity index (χ1n) is 8.89. The van der Waals surface area contributed by atoms with E-state index < -0.39 is 6.43 Å². The maximum Gasteiger partial charge on any atom is 0.282 e. The number of nitrogens with one attached hydrogen (secondary N) is 1. The molecule has 25 heavy (non-hydrogen) atoms. The van der Waals surface area contributed by atoms with Crippen LogP contribution in [0, 0.1) is 5.92 Å². The van der Waals surface area contributed by atoms with Gasteiger partial charge in [-0.2, -0.15) is 5.10 Å². The normalized spacial score (nSPS) is 27.4. The second-order valence-corrected chi connectivity index (χ2v) is 7.12. The van der Waals surface area contributed by atoms with Gasteiger partial charge < -0.3 is 9.64 Å². The van der Waals surface area contributed by atoms with Gasteiger partial charge in [0.25, 0.3) is 6.43 Å². The highest BCUT2D eigenvalue weighted by Crippen LogP contribution is 2.40. The van der Waals surface area contributed by atoms with Gasteiger partial charge in [-0.15, -0.1) is 0 Å². The molecule has 4 nitrogen and oxygen atoms in total. The number of aromatic nitrogens is 2. The summed E-state index contributed by atoms with van der Waals surface area (Å²) >= 11 is 0. The minimum atomic E-state index is -2.53. The van der Waals surface area contributed by atoms with E-state index in [-0.39, 0.29) is 17.5 Å². The van der Waals surface area contributed by atoms with Crippen LogP contribution in [0.4, 0.5) is 8.78 Å². The van der Waals surface area contributed by atoms with E-state index in [9.17, 15) is 8.78 Å². The molecule has 134 valence electrons. The number of H-pyrrole nitrogens is 1. The molecule has 4 rings (SSSR count). The molecule has 2 aliphatic rings. The van der Waals surface area contributed by atoms with Crippen molar-refractivity contribution in [3.05, 3.63) is 53.3 Å². The number of ether oxygens (including phenoxy) is 1. The molecular weight excluding hydrogens is 324 g/mol. The summed E-state index contributed by atoms with van der Waals surface area (Å²) < 4.78 is 31.3. The van der Waals surface area contributed by atoms with Crippen molar-refractivity contribution in [1.29, 1.82) is 0 Å². The van der Waals surface area contributed by atoms with Crippen LogP contribution in [-0.4, -0.2) is 47.9 Å². The first-order chi connectivity index (χ1) is 12.2. The third kappa shape index (κ3) is 3.60. The zero-order chi connectivity index (χ0) is 17.2. The van der Waals surface area contributed by atoms with Gasteiger partial charge in [-0.1, -0.05) is 30.3 Å². The summed E-state index contributed by atoms with van der Waals surface area (Å²) in [6.07, 6.45) is -1.43. The Hall–Kier alpha value is -1.79. The van der Waals surface area contributed by atoms with E-state index in [2.05, 4.69) is 27.2 Å². The standard InChI is InChI=1S/C19H23F2N3O/c20-19(21)18-8-17(22-23-18)16-11-24(9-13-6-7-25-12-13)10-15(16)14-4-2-1-3-5-14/h1-5,8,13,15-16,19H,6-7,9-12H2,(H,22,23)/t13-,15+,16-/m1/s1. The Bertz CT molecular complexity index is 685. The van der Waals surface area contributed by atoms with Crippen LogP contribution in [-0.2, 0) is 4.74 Å². The maximum absolute atomic E-state index is 12.9. The maximum atomic E-state index is 12.9. The SMILES string of the molecule is FC(F)c1cc([C@@H]2CN(C[C@H]3CCOC3)C[C@H]2c2ccccc2)[nH]n1. The van der Waals surface area contributed by atoms with Crippen LogP contribution in [0.3, 0.4) is 0 Å². The van der Waals surface area contributed by atoms with Crippen molar-refractivity contribution in [2.24, 2.45) is 5.92 Å². The fourth-order valence-electron chi connectivity index (χ4n) is 4.13. The van der Waals surface area contributed by atoms with Gasteiger partial charge in [0.15, 0.2) is 0 Å². The van der Waals surface area contributed by atoms with E-state index in [0.717, 1.165) is 45.0 Å². The smallest absolute Gasteiger partial charge is 0.282 e. The Morgan fingerprint density at radius 3 is 2.68 bits per heavy atom. The molecule has 2 fully saturated rings. The third-order valence-electron chi connectivity index (χ3n) is 5.40. The molecule has 0 bridgehead atoms. The molecule has 3 heterocycles. The van der Waals surface area contributed by atoms with Crippen molar-refractivity contribution >= 4 is 0 Å². The fraction of sp³-hybridized carbons (Fsp3) is 0.526. The summed E-state index contributed by atoms with van der Waals surface area (Å²) in [5.41, 5.74) is 1.91. The lowest BCUT2D eigenvalue weighted by Crippen LogP contribution is -2.28. The van der Waals surface area contributed by atoms with E-state index in [1.54, 1.807) is 0 Å². The van der Waals surface area contributed by atoms with Crippen LogP contribution < -0.4 is 0 Å². The summed E-state index contributed by atoms with van der Waals surface area (Å²) in [6.45, 7) is 4.49. The Morgan fingerprint density at radius 1 is 1.20 bits per heavy atom. The van der Waals surface area contributed by atoms with Crippen LogP contribution >= 0.6 is 0 Å². The molecule has 1 aromatic carbocycles. The molecule has 2 saturated heterocycles. The van der Waals surface area contributed by atoms with Gasteiger partial charge in [0.2, 0.25) is 0 Å². The molecule has 0 amide bonds. The third-order valence-corrected chi connectivity index (χ3v) is 5.40. The summed E-state index contributed by atoms with van der Waals surface area (Å²) in [7, 11) is 0. The van der Waals surface area contributed by atoms with E-state index in [1.807, 2.05) is 18.2 Å². The van der Waals surface area contributed by atoms with Crippen molar-refractivity contribution in [2.45, 2.75) is 24.7 Å². The zero-order valence-electron chi connectivity index (χ0n) is 14.1. The van der Waals surface area contributed by atoms with Crippen molar-refractivity contribution in [1.82, 2.24) is 15.1 Å². The monoisotopic (exact) mass is 347 g/mol. The predicted molar refractivity (Wildman–Crippen MR) is 90.8 cm³/mol. The number of hydrogen-bond donors (Lipinski definition) is 1. The quantitative estimate of drug-likeness (QED) is 0.899. The van der Waals surface area contributed by atoms with Gasteiger partial charge in [0.05, 0.1) is 6.61 Å². The Labute approximate surface area is 146 Å². The molecule has 0 unspecified atom stereocenters. The van der Waals surface area contributed by atoms with E-state index in [0.29, 0.717) is 5.92 Å². The highest BCUT2D eigenvalue weighted by molar-refractivity contribution is 5.29. The number of halogens is 2. The number of benzene rings is 1. The second-order valence-electron chi connectivity index (χ2n) is 7.12. The predicted octanol–water partition coefficient (Wildman–Crippen LogP) is 3.57. The minimum Gasteiger partial charge on any atom is -0.381 e. The number of hydrogen-bond acceptors (Lipinski definition) is 3. The number of nitrogens with zero attached hydrogens (tertiary/aromatic N) is 2. The fourth-order valence-corrected chi connectivity index (χ4v) is 4.13. The van der Waals surface area contributed by atoms with Crippen molar-refractivity contribution in [3.63, 3.8) is 0 Å². The van der Waals surface area contributed by atoms with E-state index in [4.69, 9.17) is 4.74 Å². The number of alkyl halides is 2. The van der Waals surface area contributed by atoms with Crippen LogP contribution in [0.1, 0.15) is 41.6 Å². The lowest BCUT2D eigenvalue weighted by molar-refractivity contribution is 0.146. The lowest BCUT2D eigenvalue weighted by Gasteiger charge is -2.19. The topological polar surface area (TPSA) is 41.1 Å². The number of likely N-dealkylation sites (tertiary alicyclic amines) is 1. The number of aromatic amines is 1. The average Bonchev–Trinajstić information content (AvgIpc) is 3.36. The summed E-state index contributed by atoms with van der Waals surface area (Å²) in [4.78, 5) is 2.45. The van der Waals surface area contributed by atoms with Gasteiger partial charge in [0.1, 0.15) is 5.69 Å². The van der Waals surface area contributed by atoms with Gasteiger partial charge in [0, 0.05) is 43.8 Å². The molecule has 6 heteroatoms. The van der Waals surface area contributed by atoms with Gasteiger partial charge >= 0.3 is 0 Å². The Morgan fingerprint density at radius 2 is 2.00 bits per heavy atom. The highest BCUT2D eigenvalue weighted by Gasteiger charge is 2.37. The van der Waals surface area contributed by atoms with E-state index >= 15 is 0 Å². The first kappa shape index (κ1) is 16.7. The van der Waals surface area contributed by atoms with Crippen LogP contribution in [0.2, 0.25) is 0 Å². The lowest BCUT2D eigenvalue weighted by atomic mass is 9.87. The molecule has 2 aliphatic heterocycles. The van der Waals surface area contributed by atoms with Gasteiger partial charge in [-0.3, -0.25) is 5.10 Å². The second kappa shape index (κ2) is 7.22. The van der Waals surface area contributed by atoms with Gasteiger partial charge in [-0.05, 0) is 24.0 Å². The molecule has 1 aromatic heterocycles. The van der Waals surface area contributed by atoms with Gasteiger partial charge in [-0.25, -0.2) is 8.78 Å². The molecular formula is C19H23F2N3O. The molecule has 0 radical (unpaired) electrons. The van der Waals surface area contributed by atoms with Crippen LogP contribution in [0.15, 0.2) is 36.4 Å². The molecule has 0 aliphatic carbocycles. The highest BCUT2D eigenvalue weighted by atomic mass is 19.3. The first-order valence-corrected chi connectivity index (χ1v) is 8.89. The minimum absolute atomic E-state index is 0.157. The molecule has 0 saturated carbocycles. The van der Waals surface area contributed by atoms with Crippen molar-refractivity contribution in [3.8, 4) is 0 Å². The molecule has 0 spiro atoms. The largest absolute Gasteiger partial charge is 0.381 e. The van der Waals surface area contributed by atoms with E-state index in [1.165, 1.54) is 11.6 Å². The molecule has 2 aromatic rings. The van der Waals surface area contributed by atoms with Crippen LogP contribution in [0.5, 0.6) is 0 Å². The summed E-state index contributed by atoms with van der Waals surface area (Å²) in [5, 5.41) is 6.66. The van der Waals surface area contributed by atoms with Crippen LogP contribution in [0.25, 0.3) is 0 Å². The Balaban J connectivity index is 1.56. The Kier molecular flexibility index (Phi) is 4.81. The molecule has 3 atom stereocenters. The zero-order valence-corrected chi connectivity index (χ0v) is 14.1. The van der Waals surface area contributed by atoms with Crippen molar-refractivity contribution in [2.75, 3.05) is 32.8 Å².